The van der Waals surface area contributed by atoms with Crippen molar-refractivity contribution in [2.45, 2.75) is 71.9 Å². The monoisotopic (exact) mass is 250 g/mol. The molecule has 3 heteroatoms. The Morgan fingerprint density at radius 3 is 2.89 bits per heavy atom. The van der Waals surface area contributed by atoms with E-state index in [9.17, 15) is 0 Å². The van der Waals surface area contributed by atoms with Crippen LogP contribution >= 0.6 is 0 Å². The molecule has 1 aliphatic carbocycles. The maximum absolute atomic E-state index is 5.72. The van der Waals surface area contributed by atoms with Crippen molar-refractivity contribution in [1.29, 1.82) is 0 Å². The molecule has 0 amide bonds. The van der Waals surface area contributed by atoms with Gasteiger partial charge in [0.25, 0.3) is 0 Å². The molecular formula is C15H26N2O. The van der Waals surface area contributed by atoms with Gasteiger partial charge in [0.2, 0.25) is 0 Å². The van der Waals surface area contributed by atoms with Gasteiger partial charge < -0.3 is 9.73 Å². The number of rotatable bonds is 4. The highest BCUT2D eigenvalue weighted by atomic mass is 16.3. The molecule has 1 aliphatic rings. The molecule has 0 aromatic carbocycles. The average molecular weight is 250 g/mol. The molecule has 1 unspecified atom stereocenters. The highest BCUT2D eigenvalue weighted by Crippen LogP contribution is 2.47. The van der Waals surface area contributed by atoms with Crippen LogP contribution in [0.2, 0.25) is 0 Å². The number of aromatic nitrogens is 1. The Bertz CT molecular complexity index is 382. The second-order valence-corrected chi connectivity index (χ2v) is 6.49. The molecule has 3 nitrogen and oxygen atoms in total. The van der Waals surface area contributed by atoms with Crippen LogP contribution in [0.25, 0.3) is 0 Å². The molecule has 102 valence electrons. The van der Waals surface area contributed by atoms with Crippen LogP contribution in [0.15, 0.2) is 10.8 Å². The zero-order valence-corrected chi connectivity index (χ0v) is 12.1. The Labute approximate surface area is 110 Å². The van der Waals surface area contributed by atoms with Crippen molar-refractivity contribution in [3.8, 4) is 0 Å². The molecule has 0 bridgehead atoms. The van der Waals surface area contributed by atoms with Gasteiger partial charge in [-0.1, -0.05) is 40.5 Å². The highest BCUT2D eigenvalue weighted by molar-refractivity contribution is 5.16. The fraction of sp³-hybridized carbons (Fsp3) is 0.800. The summed E-state index contributed by atoms with van der Waals surface area (Å²) >= 11 is 0. The van der Waals surface area contributed by atoms with Gasteiger partial charge in [0.15, 0.2) is 6.39 Å². The maximum Gasteiger partial charge on any atom is 0.181 e. The van der Waals surface area contributed by atoms with Gasteiger partial charge in [-0.15, -0.1) is 0 Å². The topological polar surface area (TPSA) is 38.1 Å². The van der Waals surface area contributed by atoms with E-state index in [1.807, 2.05) is 0 Å². The third-order valence-corrected chi connectivity index (χ3v) is 4.17. The van der Waals surface area contributed by atoms with Crippen molar-refractivity contribution in [1.82, 2.24) is 10.3 Å². The normalized spacial score (nSPS) is 23.5. The average Bonchev–Trinajstić information content (AvgIpc) is 2.73. The van der Waals surface area contributed by atoms with Gasteiger partial charge in [-0.05, 0) is 18.3 Å². The molecule has 1 N–H and O–H groups in total. The lowest BCUT2D eigenvalue weighted by molar-refractivity contribution is 0.176. The molecule has 1 heterocycles. The quantitative estimate of drug-likeness (QED) is 0.882. The summed E-state index contributed by atoms with van der Waals surface area (Å²) in [7, 11) is 0. The first kappa shape index (κ1) is 13.6. The van der Waals surface area contributed by atoms with E-state index in [-0.39, 0.29) is 0 Å². The minimum absolute atomic E-state index is 0.338. The lowest BCUT2D eigenvalue weighted by Crippen LogP contribution is -2.28. The molecule has 1 atom stereocenters. The smallest absolute Gasteiger partial charge is 0.181 e. The minimum Gasteiger partial charge on any atom is -0.448 e. The van der Waals surface area contributed by atoms with Crippen molar-refractivity contribution in [2.75, 3.05) is 0 Å². The highest BCUT2D eigenvalue weighted by Gasteiger charge is 2.36. The predicted octanol–water partition coefficient (Wildman–Crippen LogP) is 3.86. The van der Waals surface area contributed by atoms with Gasteiger partial charge in [-0.25, -0.2) is 4.98 Å². The Morgan fingerprint density at radius 2 is 2.22 bits per heavy atom. The van der Waals surface area contributed by atoms with E-state index in [1.165, 1.54) is 25.7 Å². The first-order valence-corrected chi connectivity index (χ1v) is 7.16. The van der Waals surface area contributed by atoms with Crippen molar-refractivity contribution < 1.29 is 4.42 Å². The number of oxazole rings is 1. The standard InChI is InChI=1S/C15H26N2O/c1-11(2)16-9-13-14(18-10-17-13)12-7-5-6-8-15(12,3)4/h10-12,16H,5-9H2,1-4H3. The van der Waals surface area contributed by atoms with E-state index in [0.29, 0.717) is 17.4 Å². The minimum atomic E-state index is 0.338. The maximum atomic E-state index is 5.72. The first-order chi connectivity index (χ1) is 8.50. The van der Waals surface area contributed by atoms with Gasteiger partial charge in [0.05, 0.1) is 5.69 Å². The van der Waals surface area contributed by atoms with Crippen LogP contribution in [0.3, 0.4) is 0 Å². The molecule has 2 rings (SSSR count). The largest absolute Gasteiger partial charge is 0.448 e. The second kappa shape index (κ2) is 5.43. The molecule has 0 aliphatic heterocycles. The van der Waals surface area contributed by atoms with E-state index in [1.54, 1.807) is 6.39 Å². The zero-order valence-electron chi connectivity index (χ0n) is 12.1. The molecule has 1 fully saturated rings. The Hall–Kier alpha value is -0.830. The number of hydrogen-bond donors (Lipinski definition) is 1. The van der Waals surface area contributed by atoms with E-state index in [2.05, 4.69) is 38.0 Å². The molecule has 0 radical (unpaired) electrons. The molecule has 0 saturated heterocycles. The molecular weight excluding hydrogens is 224 g/mol. The third kappa shape index (κ3) is 2.94. The van der Waals surface area contributed by atoms with E-state index < -0.39 is 0 Å². The van der Waals surface area contributed by atoms with Crippen LogP contribution in [0.4, 0.5) is 0 Å². The van der Waals surface area contributed by atoms with Crippen LogP contribution in [-0.4, -0.2) is 11.0 Å². The molecule has 1 aromatic heterocycles. The summed E-state index contributed by atoms with van der Waals surface area (Å²) in [5, 5.41) is 3.43. The summed E-state index contributed by atoms with van der Waals surface area (Å²) in [6.45, 7) is 9.85. The van der Waals surface area contributed by atoms with Gasteiger partial charge in [-0.3, -0.25) is 0 Å². The molecule has 1 saturated carbocycles. The van der Waals surface area contributed by atoms with Crippen molar-refractivity contribution >= 4 is 0 Å². The third-order valence-electron chi connectivity index (χ3n) is 4.17. The predicted molar refractivity (Wildman–Crippen MR) is 73.5 cm³/mol. The summed E-state index contributed by atoms with van der Waals surface area (Å²) in [5.41, 5.74) is 1.44. The SMILES string of the molecule is CC(C)NCc1ncoc1C1CCCCC1(C)C. The van der Waals surface area contributed by atoms with E-state index in [0.717, 1.165) is 18.0 Å². The Balaban J connectivity index is 2.14. The zero-order chi connectivity index (χ0) is 13.2. The van der Waals surface area contributed by atoms with Gasteiger partial charge in [-0.2, -0.15) is 0 Å². The van der Waals surface area contributed by atoms with Crippen LogP contribution < -0.4 is 5.32 Å². The van der Waals surface area contributed by atoms with Gasteiger partial charge in [0, 0.05) is 18.5 Å². The first-order valence-electron chi connectivity index (χ1n) is 7.16. The van der Waals surface area contributed by atoms with E-state index >= 15 is 0 Å². The van der Waals surface area contributed by atoms with Gasteiger partial charge in [0.1, 0.15) is 5.76 Å². The number of nitrogens with zero attached hydrogens (tertiary/aromatic N) is 1. The Morgan fingerprint density at radius 1 is 1.44 bits per heavy atom. The van der Waals surface area contributed by atoms with Crippen LogP contribution in [-0.2, 0) is 6.54 Å². The summed E-state index contributed by atoms with van der Waals surface area (Å²) in [6.07, 6.45) is 6.78. The van der Waals surface area contributed by atoms with Crippen LogP contribution in [0.1, 0.15) is 70.8 Å². The fourth-order valence-corrected chi connectivity index (χ4v) is 2.98. The summed E-state index contributed by atoms with van der Waals surface area (Å²) in [5.74, 6) is 1.64. The van der Waals surface area contributed by atoms with Crippen LogP contribution in [0, 0.1) is 5.41 Å². The summed E-state index contributed by atoms with van der Waals surface area (Å²) in [4.78, 5) is 4.40. The van der Waals surface area contributed by atoms with E-state index in [4.69, 9.17) is 4.42 Å². The Kier molecular flexibility index (Phi) is 4.10. The number of nitrogens with one attached hydrogen (secondary N) is 1. The fourth-order valence-electron chi connectivity index (χ4n) is 2.98. The lowest BCUT2D eigenvalue weighted by atomic mass is 9.67. The second-order valence-electron chi connectivity index (χ2n) is 6.49. The molecule has 18 heavy (non-hydrogen) atoms. The van der Waals surface area contributed by atoms with Crippen LogP contribution in [0.5, 0.6) is 0 Å². The lowest BCUT2D eigenvalue weighted by Gasteiger charge is -2.37. The van der Waals surface area contributed by atoms with Crippen molar-refractivity contribution in [3.05, 3.63) is 17.8 Å². The summed E-state index contributed by atoms with van der Waals surface area (Å²) < 4.78 is 5.72. The van der Waals surface area contributed by atoms with Gasteiger partial charge >= 0.3 is 0 Å². The van der Waals surface area contributed by atoms with Crippen molar-refractivity contribution in [2.24, 2.45) is 5.41 Å². The van der Waals surface area contributed by atoms with Crippen molar-refractivity contribution in [3.63, 3.8) is 0 Å². The molecule has 0 spiro atoms. The summed E-state index contributed by atoms with van der Waals surface area (Å²) in [6, 6.07) is 0.480. The molecule has 1 aromatic rings. The number of hydrogen-bond acceptors (Lipinski definition) is 3.